The first kappa shape index (κ1) is 25.2. The number of ether oxygens (including phenoxy) is 1. The summed E-state index contributed by atoms with van der Waals surface area (Å²) in [4.78, 5) is 20.0. The minimum atomic E-state index is -4.55. The van der Waals surface area contributed by atoms with Crippen LogP contribution in [0.25, 0.3) is 11.3 Å². The van der Waals surface area contributed by atoms with Gasteiger partial charge in [-0.25, -0.2) is 0 Å². The molecule has 3 rings (SSSR count). The number of likely N-dealkylation sites (tertiary alicyclic amines) is 1. The molecule has 1 aliphatic heterocycles. The first-order valence-corrected chi connectivity index (χ1v) is 11.6. The van der Waals surface area contributed by atoms with Gasteiger partial charge < -0.3 is 9.64 Å². The van der Waals surface area contributed by atoms with E-state index in [9.17, 15) is 18.0 Å². The summed E-state index contributed by atoms with van der Waals surface area (Å²) in [7, 11) is 1.40. The largest absolute Gasteiger partial charge is 0.497 e. The number of halogens is 3. The van der Waals surface area contributed by atoms with Crippen molar-refractivity contribution in [3.8, 4) is 17.0 Å². The van der Waals surface area contributed by atoms with Crippen molar-refractivity contribution in [2.24, 2.45) is 11.8 Å². The molecule has 0 bridgehead atoms. The van der Waals surface area contributed by atoms with Crippen LogP contribution in [0.4, 0.5) is 13.2 Å². The van der Waals surface area contributed by atoms with Gasteiger partial charge in [0.25, 0.3) is 0 Å². The molecule has 4 nitrogen and oxygen atoms in total. The van der Waals surface area contributed by atoms with Crippen LogP contribution in [0.1, 0.15) is 61.1 Å². The second kappa shape index (κ2) is 10.7. The Balaban J connectivity index is 1.90. The van der Waals surface area contributed by atoms with E-state index in [1.807, 2.05) is 0 Å². The van der Waals surface area contributed by atoms with Crippen molar-refractivity contribution in [2.75, 3.05) is 26.7 Å². The lowest BCUT2D eigenvalue weighted by Crippen LogP contribution is -2.36. The van der Waals surface area contributed by atoms with Crippen molar-refractivity contribution in [1.82, 2.24) is 9.88 Å². The molecule has 0 spiro atoms. The van der Waals surface area contributed by atoms with Crippen LogP contribution in [0.3, 0.4) is 0 Å². The topological polar surface area (TPSA) is 42.4 Å². The molecule has 0 saturated carbocycles. The quantitative estimate of drug-likeness (QED) is 0.425. The fourth-order valence-electron chi connectivity index (χ4n) is 4.42. The van der Waals surface area contributed by atoms with Crippen LogP contribution in [0.2, 0.25) is 0 Å². The predicted octanol–water partition coefficient (Wildman–Crippen LogP) is 6.42. The minimum Gasteiger partial charge on any atom is -0.497 e. The molecule has 180 valence electrons. The fraction of sp³-hybridized carbons (Fsp3) is 0.538. The van der Waals surface area contributed by atoms with E-state index in [1.54, 1.807) is 13.0 Å². The summed E-state index contributed by atoms with van der Waals surface area (Å²) < 4.78 is 46.2. The molecule has 1 aromatic heterocycles. The molecule has 0 radical (unpaired) electrons. The molecule has 0 aliphatic carbocycles. The number of benzene rings is 1. The van der Waals surface area contributed by atoms with Gasteiger partial charge in [-0.3, -0.25) is 9.78 Å². The van der Waals surface area contributed by atoms with Crippen LogP contribution in [0.5, 0.6) is 5.75 Å². The SMILES string of the molecule is COc1ccc(C(F)(F)F)c(-c2cc(C(=O)C[C@@H](CN3CCCCC3)C(C)C)cc(C)n2)c1. The van der Waals surface area contributed by atoms with Crippen LogP contribution in [-0.4, -0.2) is 42.4 Å². The minimum absolute atomic E-state index is 0.0612. The molecule has 1 saturated heterocycles. The number of carbonyl (C=O) groups excluding carboxylic acids is 1. The number of rotatable bonds is 8. The van der Waals surface area contributed by atoms with Crippen LogP contribution in [-0.2, 0) is 6.18 Å². The van der Waals surface area contributed by atoms with Gasteiger partial charge in [-0.05, 0) is 75.0 Å². The van der Waals surface area contributed by atoms with Gasteiger partial charge in [-0.2, -0.15) is 13.2 Å². The van der Waals surface area contributed by atoms with Gasteiger partial charge in [0.1, 0.15) is 5.75 Å². The van der Waals surface area contributed by atoms with E-state index in [4.69, 9.17) is 4.74 Å². The number of hydrogen-bond acceptors (Lipinski definition) is 4. The number of Topliss-reactive ketones (excluding diaryl/α,β-unsaturated/α-hetero) is 1. The summed E-state index contributed by atoms with van der Waals surface area (Å²) in [5, 5.41) is 0. The maximum atomic E-state index is 13.7. The molecule has 0 unspecified atom stereocenters. The molecular weight excluding hydrogens is 429 g/mol. The zero-order valence-corrected chi connectivity index (χ0v) is 19.8. The molecule has 33 heavy (non-hydrogen) atoms. The Labute approximate surface area is 194 Å². The van der Waals surface area contributed by atoms with Gasteiger partial charge in [0.15, 0.2) is 5.78 Å². The van der Waals surface area contributed by atoms with Crippen LogP contribution >= 0.6 is 0 Å². The highest BCUT2D eigenvalue weighted by Crippen LogP contribution is 2.39. The molecule has 0 N–H and O–H groups in total. The first-order valence-electron chi connectivity index (χ1n) is 11.6. The number of hydrogen-bond donors (Lipinski definition) is 0. The predicted molar refractivity (Wildman–Crippen MR) is 124 cm³/mol. The molecule has 1 aromatic carbocycles. The lowest BCUT2D eigenvalue weighted by atomic mass is 9.87. The number of methoxy groups -OCH3 is 1. The number of pyridine rings is 1. The number of aromatic nitrogens is 1. The van der Waals surface area contributed by atoms with Crippen LogP contribution in [0.15, 0.2) is 30.3 Å². The summed E-state index contributed by atoms with van der Waals surface area (Å²) in [5.74, 6) is 0.757. The third-order valence-corrected chi connectivity index (χ3v) is 6.42. The molecule has 7 heteroatoms. The number of ketones is 1. The lowest BCUT2D eigenvalue weighted by molar-refractivity contribution is -0.137. The van der Waals surface area contributed by atoms with Gasteiger partial charge in [0.2, 0.25) is 0 Å². The molecule has 1 aliphatic rings. The summed E-state index contributed by atoms with van der Waals surface area (Å²) in [6, 6.07) is 6.75. The Bertz CT molecular complexity index is 966. The summed E-state index contributed by atoms with van der Waals surface area (Å²) in [6.45, 7) is 8.93. The molecule has 2 aromatic rings. The Morgan fingerprint density at radius 2 is 1.82 bits per heavy atom. The van der Waals surface area contributed by atoms with Crippen molar-refractivity contribution < 1.29 is 22.7 Å². The summed E-state index contributed by atoms with van der Waals surface area (Å²) in [6.07, 6.45) is -0.553. The first-order chi connectivity index (χ1) is 15.6. The zero-order valence-electron chi connectivity index (χ0n) is 19.8. The normalized spacial score (nSPS) is 16.1. The lowest BCUT2D eigenvalue weighted by Gasteiger charge is -2.32. The maximum absolute atomic E-state index is 13.7. The van der Waals surface area contributed by atoms with Crippen molar-refractivity contribution in [3.63, 3.8) is 0 Å². The van der Waals surface area contributed by atoms with Crippen LogP contribution < -0.4 is 4.74 Å². The number of nitrogens with zero attached hydrogens (tertiary/aromatic N) is 2. The zero-order chi connectivity index (χ0) is 24.2. The van der Waals surface area contributed by atoms with Crippen LogP contribution in [0, 0.1) is 18.8 Å². The Morgan fingerprint density at radius 1 is 1.12 bits per heavy atom. The van der Waals surface area contributed by atoms with Gasteiger partial charge in [-0.1, -0.05) is 20.3 Å². The van der Waals surface area contributed by atoms with E-state index in [2.05, 4.69) is 23.7 Å². The molecular formula is C26H33F3N2O2. The molecule has 0 amide bonds. The number of aryl methyl sites for hydroxylation is 1. The fourth-order valence-corrected chi connectivity index (χ4v) is 4.42. The average Bonchev–Trinajstić information content (AvgIpc) is 2.77. The van der Waals surface area contributed by atoms with Crippen molar-refractivity contribution in [2.45, 2.75) is 52.6 Å². The Kier molecular flexibility index (Phi) is 8.16. The summed E-state index contributed by atoms with van der Waals surface area (Å²) >= 11 is 0. The van der Waals surface area contributed by atoms with E-state index in [-0.39, 0.29) is 23.0 Å². The second-order valence-electron chi connectivity index (χ2n) is 9.28. The number of piperidine rings is 1. The number of carbonyl (C=O) groups is 1. The highest BCUT2D eigenvalue weighted by Gasteiger charge is 2.34. The third kappa shape index (κ3) is 6.56. The van der Waals surface area contributed by atoms with E-state index in [0.717, 1.165) is 25.7 Å². The second-order valence-corrected chi connectivity index (χ2v) is 9.28. The third-order valence-electron chi connectivity index (χ3n) is 6.42. The summed E-state index contributed by atoms with van der Waals surface area (Å²) in [5.41, 5.74) is 0.140. The van der Waals surface area contributed by atoms with Gasteiger partial charge in [-0.15, -0.1) is 0 Å². The van der Waals surface area contributed by atoms with E-state index in [0.29, 0.717) is 29.3 Å². The van der Waals surface area contributed by atoms with Gasteiger partial charge in [0.05, 0.1) is 18.4 Å². The highest BCUT2D eigenvalue weighted by atomic mass is 19.4. The van der Waals surface area contributed by atoms with E-state index < -0.39 is 11.7 Å². The Hall–Kier alpha value is -2.41. The average molecular weight is 463 g/mol. The Morgan fingerprint density at radius 3 is 2.42 bits per heavy atom. The van der Waals surface area contributed by atoms with Crippen molar-refractivity contribution >= 4 is 5.78 Å². The molecule has 1 fully saturated rings. The monoisotopic (exact) mass is 462 g/mol. The molecule has 2 heterocycles. The molecule has 1 atom stereocenters. The van der Waals surface area contributed by atoms with Crippen molar-refractivity contribution in [3.05, 3.63) is 47.2 Å². The van der Waals surface area contributed by atoms with Crippen molar-refractivity contribution in [1.29, 1.82) is 0 Å². The van der Waals surface area contributed by atoms with Gasteiger partial charge >= 0.3 is 6.18 Å². The maximum Gasteiger partial charge on any atom is 0.417 e. The van der Waals surface area contributed by atoms with E-state index >= 15 is 0 Å². The highest BCUT2D eigenvalue weighted by molar-refractivity contribution is 5.97. The smallest absolute Gasteiger partial charge is 0.417 e. The van der Waals surface area contributed by atoms with Gasteiger partial charge in [0, 0.05) is 29.8 Å². The van der Waals surface area contributed by atoms with E-state index in [1.165, 1.54) is 44.6 Å². The standard InChI is InChI=1S/C26H33F3N2O2/c1-17(2)20(16-31-10-6-5-7-11-31)14-25(32)19-12-18(3)30-24(13-19)22-15-21(33-4)8-9-23(22)26(27,28)29/h8-9,12-13,15,17,20H,5-7,10-11,14,16H2,1-4H3/t20-/m0/s1. The number of alkyl halides is 3.